The number of aliphatic hydroxyl groups excluding tert-OH is 1. The number of piperidine rings is 1. The van der Waals surface area contributed by atoms with Crippen LogP contribution < -0.4 is 4.74 Å². The van der Waals surface area contributed by atoms with E-state index in [-0.39, 0.29) is 18.4 Å². The molecule has 3 rings (SSSR count). The van der Waals surface area contributed by atoms with Gasteiger partial charge in [0.2, 0.25) is 5.91 Å². The van der Waals surface area contributed by atoms with Crippen LogP contribution in [0.15, 0.2) is 30.5 Å². The van der Waals surface area contributed by atoms with Crippen LogP contribution >= 0.6 is 0 Å². The van der Waals surface area contributed by atoms with Crippen molar-refractivity contribution in [2.75, 3.05) is 40.3 Å². The summed E-state index contributed by atoms with van der Waals surface area (Å²) in [5, 5.41) is 11.3. The van der Waals surface area contributed by atoms with Crippen LogP contribution in [0.4, 0.5) is 0 Å². The van der Waals surface area contributed by atoms with Crippen LogP contribution in [-0.4, -0.2) is 72.2 Å². The number of aromatic amines is 1. The predicted molar refractivity (Wildman–Crippen MR) is 97.7 cm³/mol. The Morgan fingerprint density at radius 2 is 2.12 bits per heavy atom. The average Bonchev–Trinajstić information content (AvgIpc) is 3.09. The third-order valence-electron chi connectivity index (χ3n) is 4.83. The molecule has 0 spiro atoms. The fraction of sp³-hybridized carbons (Fsp3) is 0.526. The number of carbonyl (C=O) groups is 1. The summed E-state index contributed by atoms with van der Waals surface area (Å²) in [7, 11) is 3.61. The second-order valence-corrected chi connectivity index (χ2v) is 6.97. The summed E-state index contributed by atoms with van der Waals surface area (Å²) in [5.74, 6) is 1.11. The molecule has 1 aromatic carbocycles. The van der Waals surface area contributed by atoms with Gasteiger partial charge in [-0.3, -0.25) is 4.79 Å². The Kier molecular flexibility index (Phi) is 5.60. The van der Waals surface area contributed by atoms with E-state index in [9.17, 15) is 9.90 Å². The van der Waals surface area contributed by atoms with Crippen LogP contribution in [0.2, 0.25) is 0 Å². The minimum atomic E-state index is -0.546. The van der Waals surface area contributed by atoms with Crippen molar-refractivity contribution in [1.29, 1.82) is 0 Å². The van der Waals surface area contributed by atoms with Crippen molar-refractivity contribution in [2.45, 2.75) is 18.9 Å². The van der Waals surface area contributed by atoms with E-state index < -0.39 is 6.10 Å². The first kappa shape index (κ1) is 17.8. The van der Waals surface area contributed by atoms with Crippen molar-refractivity contribution in [3.63, 3.8) is 0 Å². The second kappa shape index (κ2) is 7.89. The van der Waals surface area contributed by atoms with E-state index >= 15 is 0 Å². The lowest BCUT2D eigenvalue weighted by atomic mass is 9.95. The van der Waals surface area contributed by atoms with Crippen LogP contribution in [-0.2, 0) is 4.79 Å². The summed E-state index contributed by atoms with van der Waals surface area (Å²) in [6.45, 7) is 2.52. The number of amides is 1. The first-order chi connectivity index (χ1) is 12.0. The van der Waals surface area contributed by atoms with E-state index in [1.807, 2.05) is 30.5 Å². The molecule has 2 heterocycles. The topological polar surface area (TPSA) is 68.8 Å². The van der Waals surface area contributed by atoms with Crippen molar-refractivity contribution < 1.29 is 14.6 Å². The van der Waals surface area contributed by atoms with E-state index in [2.05, 4.69) is 9.88 Å². The summed E-state index contributed by atoms with van der Waals surface area (Å²) in [6, 6.07) is 7.83. The summed E-state index contributed by atoms with van der Waals surface area (Å²) >= 11 is 0. The second-order valence-electron chi connectivity index (χ2n) is 6.97. The Morgan fingerprint density at radius 3 is 2.84 bits per heavy atom. The van der Waals surface area contributed by atoms with Gasteiger partial charge in [0.25, 0.3) is 0 Å². The van der Waals surface area contributed by atoms with E-state index in [0.29, 0.717) is 6.54 Å². The van der Waals surface area contributed by atoms with Crippen LogP contribution in [0.1, 0.15) is 12.8 Å². The molecule has 25 heavy (non-hydrogen) atoms. The zero-order valence-corrected chi connectivity index (χ0v) is 14.9. The quantitative estimate of drug-likeness (QED) is 0.836. The molecule has 0 saturated carbocycles. The molecule has 2 aromatic rings. The highest BCUT2D eigenvalue weighted by Gasteiger charge is 2.26. The Hall–Kier alpha value is -2.05. The summed E-state index contributed by atoms with van der Waals surface area (Å²) < 4.78 is 5.81. The molecule has 0 aliphatic carbocycles. The molecule has 0 radical (unpaired) electrons. The van der Waals surface area contributed by atoms with Crippen molar-refractivity contribution in [1.82, 2.24) is 14.8 Å². The number of carbonyl (C=O) groups excluding carboxylic acids is 1. The molecular formula is C19H27N3O3. The third-order valence-corrected chi connectivity index (χ3v) is 4.83. The van der Waals surface area contributed by atoms with Gasteiger partial charge in [-0.15, -0.1) is 0 Å². The first-order valence-corrected chi connectivity index (χ1v) is 8.85. The number of aliphatic hydroxyl groups is 1. The largest absolute Gasteiger partial charge is 0.490 e. The minimum Gasteiger partial charge on any atom is -0.490 e. The van der Waals surface area contributed by atoms with Gasteiger partial charge in [0.1, 0.15) is 18.5 Å². The van der Waals surface area contributed by atoms with E-state index in [1.165, 1.54) is 0 Å². The molecule has 1 unspecified atom stereocenters. The number of fused-ring (bicyclic) bond motifs is 1. The molecule has 1 aliphatic rings. The molecule has 1 aliphatic heterocycles. The summed E-state index contributed by atoms with van der Waals surface area (Å²) in [5.41, 5.74) is 1.03. The fourth-order valence-corrected chi connectivity index (χ4v) is 3.45. The maximum atomic E-state index is 12.0. The number of likely N-dealkylation sites (tertiary alicyclic amines) is 1. The van der Waals surface area contributed by atoms with Gasteiger partial charge in [0.15, 0.2) is 0 Å². The zero-order valence-electron chi connectivity index (χ0n) is 14.9. The van der Waals surface area contributed by atoms with E-state index in [0.717, 1.165) is 42.6 Å². The molecule has 1 atom stereocenters. The molecule has 0 bridgehead atoms. The normalized spacial score (nSPS) is 17.6. The van der Waals surface area contributed by atoms with Gasteiger partial charge in [-0.25, -0.2) is 0 Å². The Labute approximate surface area is 148 Å². The maximum absolute atomic E-state index is 12.0. The highest BCUT2D eigenvalue weighted by Crippen LogP contribution is 2.24. The van der Waals surface area contributed by atoms with Gasteiger partial charge in [0, 0.05) is 43.7 Å². The van der Waals surface area contributed by atoms with Crippen molar-refractivity contribution in [3.8, 4) is 5.75 Å². The van der Waals surface area contributed by atoms with Crippen LogP contribution in [0.3, 0.4) is 0 Å². The number of nitrogens with zero attached hydrogens (tertiary/aromatic N) is 2. The number of β-amino-alcohol motifs (C(OH)–C–C–N with tert-alkyl or cyclic N) is 1. The Balaban J connectivity index is 1.45. The van der Waals surface area contributed by atoms with Crippen molar-refractivity contribution in [3.05, 3.63) is 30.5 Å². The van der Waals surface area contributed by atoms with Crippen molar-refractivity contribution >= 4 is 16.8 Å². The van der Waals surface area contributed by atoms with Crippen LogP contribution in [0.25, 0.3) is 10.9 Å². The predicted octanol–water partition coefficient (Wildman–Crippen LogP) is 1.71. The highest BCUT2D eigenvalue weighted by molar-refractivity contribution is 5.85. The number of benzene rings is 1. The smallest absolute Gasteiger partial charge is 0.225 e. The number of rotatable bonds is 6. The lowest BCUT2D eigenvalue weighted by Crippen LogP contribution is -2.43. The van der Waals surface area contributed by atoms with E-state index in [1.54, 1.807) is 19.0 Å². The standard InChI is InChI=1S/C19H27N3O3/c1-21(2)19(24)14-7-10-22(11-8-14)12-15(23)13-25-18-5-3-4-17-16(18)6-9-20-17/h3-6,9,14-15,20,23H,7-8,10-13H2,1-2H3. The van der Waals surface area contributed by atoms with Gasteiger partial charge in [-0.05, 0) is 44.1 Å². The number of H-pyrrole nitrogens is 1. The number of nitrogens with one attached hydrogen (secondary N) is 1. The van der Waals surface area contributed by atoms with Crippen LogP contribution in [0.5, 0.6) is 5.75 Å². The lowest BCUT2D eigenvalue weighted by Gasteiger charge is -2.33. The average molecular weight is 345 g/mol. The molecule has 1 aromatic heterocycles. The van der Waals surface area contributed by atoms with Gasteiger partial charge in [-0.2, -0.15) is 0 Å². The first-order valence-electron chi connectivity index (χ1n) is 8.85. The molecule has 136 valence electrons. The van der Waals surface area contributed by atoms with Gasteiger partial charge < -0.3 is 24.6 Å². The highest BCUT2D eigenvalue weighted by atomic mass is 16.5. The third kappa shape index (κ3) is 4.32. The molecule has 6 nitrogen and oxygen atoms in total. The number of hydrogen-bond acceptors (Lipinski definition) is 4. The lowest BCUT2D eigenvalue weighted by molar-refractivity contribution is -0.134. The SMILES string of the molecule is CN(C)C(=O)C1CCN(CC(O)COc2cccc3[nH]ccc23)CC1. The monoisotopic (exact) mass is 345 g/mol. The van der Waals surface area contributed by atoms with Gasteiger partial charge in [0.05, 0.1) is 0 Å². The molecule has 1 amide bonds. The molecular weight excluding hydrogens is 318 g/mol. The molecule has 2 N–H and O–H groups in total. The van der Waals surface area contributed by atoms with Gasteiger partial charge in [-0.1, -0.05) is 6.07 Å². The Bertz CT molecular complexity index is 705. The number of aromatic nitrogens is 1. The van der Waals surface area contributed by atoms with E-state index in [4.69, 9.17) is 4.74 Å². The molecule has 1 fully saturated rings. The summed E-state index contributed by atoms with van der Waals surface area (Å²) in [6.07, 6.45) is 3.04. The molecule has 1 saturated heterocycles. The Morgan fingerprint density at radius 1 is 1.36 bits per heavy atom. The van der Waals surface area contributed by atoms with Crippen LogP contribution in [0, 0.1) is 5.92 Å². The zero-order chi connectivity index (χ0) is 17.8. The number of ether oxygens (including phenoxy) is 1. The number of hydrogen-bond donors (Lipinski definition) is 2. The minimum absolute atomic E-state index is 0.117. The fourth-order valence-electron chi connectivity index (χ4n) is 3.45. The maximum Gasteiger partial charge on any atom is 0.225 e. The summed E-state index contributed by atoms with van der Waals surface area (Å²) in [4.78, 5) is 19.0. The molecule has 6 heteroatoms. The van der Waals surface area contributed by atoms with Crippen molar-refractivity contribution in [2.24, 2.45) is 5.92 Å². The van der Waals surface area contributed by atoms with Gasteiger partial charge >= 0.3 is 0 Å².